The second kappa shape index (κ2) is 3.81. The van der Waals surface area contributed by atoms with Crippen molar-refractivity contribution in [3.05, 3.63) is 21.4 Å². The third-order valence-corrected chi connectivity index (χ3v) is 3.66. The Morgan fingerprint density at radius 1 is 1.54 bits per heavy atom. The van der Waals surface area contributed by atoms with Crippen molar-refractivity contribution in [2.45, 2.75) is 33.2 Å². The number of thiophene rings is 1. The molecule has 0 aromatic carbocycles. The lowest BCUT2D eigenvalue weighted by Gasteiger charge is -2.10. The molecule has 72 valence electrons. The van der Waals surface area contributed by atoms with Gasteiger partial charge in [-0.3, -0.25) is 0 Å². The van der Waals surface area contributed by atoms with Gasteiger partial charge in [-0.2, -0.15) is 0 Å². The van der Waals surface area contributed by atoms with Crippen molar-refractivity contribution in [1.82, 2.24) is 5.32 Å². The molecule has 1 aliphatic heterocycles. The van der Waals surface area contributed by atoms with E-state index in [0.717, 1.165) is 19.0 Å². The molecule has 0 fully saturated rings. The van der Waals surface area contributed by atoms with Crippen LogP contribution in [0.25, 0.3) is 0 Å². The standard InChI is InChI=1S/C11H17NS/c1-8(2)5-10-6-9-7-12-4-3-11(9)13-10/h6,8,12H,3-5,7H2,1-2H3. The zero-order valence-electron chi connectivity index (χ0n) is 8.39. The summed E-state index contributed by atoms with van der Waals surface area (Å²) >= 11 is 2.02. The van der Waals surface area contributed by atoms with Crippen LogP contribution in [0.2, 0.25) is 0 Å². The molecule has 2 heterocycles. The fourth-order valence-electron chi connectivity index (χ4n) is 1.82. The lowest BCUT2D eigenvalue weighted by Crippen LogP contribution is -2.21. The van der Waals surface area contributed by atoms with Gasteiger partial charge in [-0.15, -0.1) is 11.3 Å². The summed E-state index contributed by atoms with van der Waals surface area (Å²) in [6.07, 6.45) is 2.48. The van der Waals surface area contributed by atoms with E-state index < -0.39 is 0 Å². The van der Waals surface area contributed by atoms with Crippen LogP contribution in [0.5, 0.6) is 0 Å². The fourth-order valence-corrected chi connectivity index (χ4v) is 3.22. The van der Waals surface area contributed by atoms with E-state index in [-0.39, 0.29) is 0 Å². The van der Waals surface area contributed by atoms with Crippen LogP contribution in [0.3, 0.4) is 0 Å². The van der Waals surface area contributed by atoms with Crippen molar-refractivity contribution in [3.63, 3.8) is 0 Å². The summed E-state index contributed by atoms with van der Waals surface area (Å²) in [7, 11) is 0. The average Bonchev–Trinajstić information content (AvgIpc) is 2.44. The summed E-state index contributed by atoms with van der Waals surface area (Å²) in [5, 5.41) is 3.41. The third kappa shape index (κ3) is 2.12. The van der Waals surface area contributed by atoms with Crippen LogP contribution in [0, 0.1) is 5.92 Å². The monoisotopic (exact) mass is 195 g/mol. The van der Waals surface area contributed by atoms with E-state index in [1.807, 2.05) is 11.3 Å². The van der Waals surface area contributed by atoms with E-state index in [1.54, 1.807) is 15.3 Å². The molecule has 1 nitrogen and oxygen atoms in total. The van der Waals surface area contributed by atoms with Gasteiger partial charge in [0.25, 0.3) is 0 Å². The molecule has 0 aliphatic carbocycles. The molecule has 1 aliphatic rings. The van der Waals surface area contributed by atoms with Crippen LogP contribution in [0.15, 0.2) is 6.07 Å². The van der Waals surface area contributed by atoms with Crippen LogP contribution in [-0.2, 0) is 19.4 Å². The Kier molecular flexibility index (Phi) is 2.70. The summed E-state index contributed by atoms with van der Waals surface area (Å²) in [6.45, 7) is 6.83. The highest BCUT2D eigenvalue weighted by Crippen LogP contribution is 2.26. The molecule has 2 rings (SSSR count). The molecular weight excluding hydrogens is 178 g/mol. The zero-order valence-corrected chi connectivity index (χ0v) is 9.21. The Bertz CT molecular complexity index is 265. The molecule has 1 aromatic rings. The summed E-state index contributed by atoms with van der Waals surface area (Å²) in [5.41, 5.74) is 1.55. The normalized spacial score (nSPS) is 16.2. The molecule has 0 amide bonds. The van der Waals surface area contributed by atoms with Crippen molar-refractivity contribution in [2.75, 3.05) is 6.54 Å². The molecule has 0 saturated heterocycles. The Hall–Kier alpha value is -0.340. The highest BCUT2D eigenvalue weighted by molar-refractivity contribution is 7.12. The first-order chi connectivity index (χ1) is 6.25. The molecule has 13 heavy (non-hydrogen) atoms. The topological polar surface area (TPSA) is 12.0 Å². The minimum Gasteiger partial charge on any atom is -0.312 e. The van der Waals surface area contributed by atoms with Gasteiger partial charge in [-0.1, -0.05) is 13.8 Å². The molecule has 1 aromatic heterocycles. The lowest BCUT2D eigenvalue weighted by molar-refractivity contribution is 0.646. The van der Waals surface area contributed by atoms with Crippen LogP contribution in [0.4, 0.5) is 0 Å². The van der Waals surface area contributed by atoms with Crippen molar-refractivity contribution in [1.29, 1.82) is 0 Å². The number of rotatable bonds is 2. The molecule has 2 heteroatoms. The van der Waals surface area contributed by atoms with Crippen LogP contribution >= 0.6 is 11.3 Å². The fraction of sp³-hybridized carbons (Fsp3) is 0.636. The Balaban J connectivity index is 2.15. The molecule has 0 radical (unpaired) electrons. The maximum atomic E-state index is 3.41. The number of fused-ring (bicyclic) bond motifs is 1. The smallest absolute Gasteiger partial charge is 0.0216 e. The molecular formula is C11H17NS. The molecule has 0 spiro atoms. The van der Waals surface area contributed by atoms with Gasteiger partial charge in [-0.25, -0.2) is 0 Å². The van der Waals surface area contributed by atoms with Gasteiger partial charge in [-0.05, 0) is 30.4 Å². The highest BCUT2D eigenvalue weighted by atomic mass is 32.1. The Labute approximate surface area is 84.2 Å². The zero-order chi connectivity index (χ0) is 9.26. The van der Waals surface area contributed by atoms with E-state index in [0.29, 0.717) is 0 Å². The Morgan fingerprint density at radius 3 is 3.08 bits per heavy atom. The first-order valence-corrected chi connectivity index (χ1v) is 5.88. The molecule has 0 saturated carbocycles. The molecule has 0 unspecified atom stereocenters. The predicted molar refractivity (Wildman–Crippen MR) is 58.3 cm³/mol. The number of nitrogens with one attached hydrogen (secondary N) is 1. The van der Waals surface area contributed by atoms with Crippen LogP contribution in [-0.4, -0.2) is 6.54 Å². The first kappa shape index (κ1) is 9.22. The maximum Gasteiger partial charge on any atom is 0.0216 e. The van der Waals surface area contributed by atoms with E-state index in [4.69, 9.17) is 0 Å². The lowest BCUT2D eigenvalue weighted by atomic mass is 10.1. The Morgan fingerprint density at radius 2 is 2.38 bits per heavy atom. The van der Waals surface area contributed by atoms with Crippen molar-refractivity contribution in [2.24, 2.45) is 5.92 Å². The van der Waals surface area contributed by atoms with Gasteiger partial charge in [0.15, 0.2) is 0 Å². The molecule has 1 N–H and O–H groups in total. The van der Waals surface area contributed by atoms with Crippen LogP contribution < -0.4 is 5.32 Å². The maximum absolute atomic E-state index is 3.41. The second-order valence-electron chi connectivity index (χ2n) is 4.19. The summed E-state index contributed by atoms with van der Waals surface area (Å²) in [5.74, 6) is 0.785. The van der Waals surface area contributed by atoms with Gasteiger partial charge in [0.05, 0.1) is 0 Å². The summed E-state index contributed by atoms with van der Waals surface area (Å²) in [6, 6.07) is 2.40. The SMILES string of the molecule is CC(C)Cc1cc2c(s1)CCNC2. The van der Waals surface area contributed by atoms with Crippen molar-refractivity contribution in [3.8, 4) is 0 Å². The van der Waals surface area contributed by atoms with Gasteiger partial charge < -0.3 is 5.32 Å². The van der Waals surface area contributed by atoms with E-state index in [9.17, 15) is 0 Å². The first-order valence-electron chi connectivity index (χ1n) is 5.07. The highest BCUT2D eigenvalue weighted by Gasteiger charge is 2.12. The summed E-state index contributed by atoms with van der Waals surface area (Å²) in [4.78, 5) is 3.19. The van der Waals surface area contributed by atoms with Gasteiger partial charge in [0.1, 0.15) is 0 Å². The van der Waals surface area contributed by atoms with Crippen molar-refractivity contribution < 1.29 is 0 Å². The molecule has 0 atom stereocenters. The number of hydrogen-bond donors (Lipinski definition) is 1. The van der Waals surface area contributed by atoms with E-state index in [1.165, 1.54) is 12.8 Å². The summed E-state index contributed by atoms with van der Waals surface area (Å²) < 4.78 is 0. The predicted octanol–water partition coefficient (Wildman–Crippen LogP) is 2.59. The van der Waals surface area contributed by atoms with Gasteiger partial charge in [0.2, 0.25) is 0 Å². The minimum atomic E-state index is 0.785. The number of hydrogen-bond acceptors (Lipinski definition) is 2. The van der Waals surface area contributed by atoms with E-state index >= 15 is 0 Å². The van der Waals surface area contributed by atoms with Crippen LogP contribution in [0.1, 0.15) is 29.2 Å². The third-order valence-electron chi connectivity index (χ3n) is 2.40. The quantitative estimate of drug-likeness (QED) is 0.765. The largest absolute Gasteiger partial charge is 0.312 e. The van der Waals surface area contributed by atoms with Gasteiger partial charge >= 0.3 is 0 Å². The minimum absolute atomic E-state index is 0.785. The molecule has 0 bridgehead atoms. The second-order valence-corrected chi connectivity index (χ2v) is 5.41. The average molecular weight is 195 g/mol. The van der Waals surface area contributed by atoms with Crippen molar-refractivity contribution >= 4 is 11.3 Å². The van der Waals surface area contributed by atoms with Gasteiger partial charge in [0, 0.05) is 22.8 Å². The van der Waals surface area contributed by atoms with E-state index in [2.05, 4.69) is 25.2 Å².